The third kappa shape index (κ3) is 1.97. The van der Waals surface area contributed by atoms with Gasteiger partial charge in [0, 0.05) is 16.0 Å². The summed E-state index contributed by atoms with van der Waals surface area (Å²) in [6, 6.07) is 9.01. The van der Waals surface area contributed by atoms with Gasteiger partial charge in [0.05, 0.1) is 23.3 Å². The molecular formula is C14H11Cl2N3O. The van der Waals surface area contributed by atoms with Gasteiger partial charge in [-0.2, -0.15) is 5.10 Å². The first-order valence-electron chi connectivity index (χ1n) is 5.87. The zero-order chi connectivity index (χ0) is 14.3. The monoisotopic (exact) mass is 307 g/mol. The molecule has 6 heteroatoms. The summed E-state index contributed by atoms with van der Waals surface area (Å²) in [4.78, 5) is 0. The molecule has 0 amide bonds. The van der Waals surface area contributed by atoms with E-state index in [1.807, 2.05) is 18.2 Å². The van der Waals surface area contributed by atoms with Crippen molar-refractivity contribution in [1.29, 1.82) is 0 Å². The number of nitrogens with zero attached hydrogens (tertiary/aromatic N) is 1. The Morgan fingerprint density at radius 1 is 1.25 bits per heavy atom. The lowest BCUT2D eigenvalue weighted by atomic mass is 10.1. The smallest absolute Gasteiger partial charge is 0.147 e. The van der Waals surface area contributed by atoms with E-state index in [4.69, 9.17) is 33.7 Å². The highest BCUT2D eigenvalue weighted by Gasteiger charge is 2.17. The molecular weight excluding hydrogens is 297 g/mol. The zero-order valence-electron chi connectivity index (χ0n) is 10.6. The average molecular weight is 308 g/mol. The Labute approximate surface area is 125 Å². The van der Waals surface area contributed by atoms with E-state index in [0.29, 0.717) is 27.2 Å². The summed E-state index contributed by atoms with van der Waals surface area (Å²) in [5.74, 6) is 0.534. The summed E-state index contributed by atoms with van der Waals surface area (Å²) in [6.45, 7) is 0. The maximum Gasteiger partial charge on any atom is 0.147 e. The van der Waals surface area contributed by atoms with Crippen LogP contribution in [0.15, 0.2) is 30.3 Å². The Hall–Kier alpha value is -1.91. The van der Waals surface area contributed by atoms with Crippen LogP contribution in [-0.4, -0.2) is 17.3 Å². The minimum Gasteiger partial charge on any atom is -0.494 e. The molecule has 3 N–H and O–H groups in total. The molecule has 0 fully saturated rings. The molecule has 20 heavy (non-hydrogen) atoms. The topological polar surface area (TPSA) is 63.9 Å². The molecule has 0 bridgehead atoms. The summed E-state index contributed by atoms with van der Waals surface area (Å²) in [5.41, 5.74) is 8.76. The van der Waals surface area contributed by atoms with Crippen LogP contribution in [-0.2, 0) is 0 Å². The Balaban J connectivity index is 2.34. The number of para-hydroxylation sites is 1. The fourth-order valence-corrected chi connectivity index (χ4v) is 2.78. The van der Waals surface area contributed by atoms with Crippen LogP contribution in [0, 0.1) is 0 Å². The minimum absolute atomic E-state index is 0.440. The van der Waals surface area contributed by atoms with Crippen LogP contribution in [0.1, 0.15) is 0 Å². The molecule has 2 aromatic carbocycles. The molecule has 102 valence electrons. The van der Waals surface area contributed by atoms with Crippen LogP contribution in [0.5, 0.6) is 5.75 Å². The van der Waals surface area contributed by atoms with Crippen molar-refractivity contribution in [3.63, 3.8) is 0 Å². The number of fused-ring (bicyclic) bond motifs is 1. The second-order valence-electron chi connectivity index (χ2n) is 4.31. The van der Waals surface area contributed by atoms with Gasteiger partial charge < -0.3 is 10.5 Å². The molecule has 0 spiro atoms. The molecule has 4 nitrogen and oxygen atoms in total. The molecule has 1 heterocycles. The first-order chi connectivity index (χ1) is 9.61. The van der Waals surface area contributed by atoms with Crippen molar-refractivity contribution >= 4 is 39.8 Å². The largest absolute Gasteiger partial charge is 0.494 e. The number of nitrogens with two attached hydrogens (primary N) is 1. The van der Waals surface area contributed by atoms with Gasteiger partial charge in [0.1, 0.15) is 11.4 Å². The number of nitrogens with one attached hydrogen (secondary N) is 1. The zero-order valence-corrected chi connectivity index (χ0v) is 12.1. The normalized spacial score (nSPS) is 10.9. The molecule has 0 radical (unpaired) electrons. The third-order valence-corrected chi connectivity index (χ3v) is 3.60. The van der Waals surface area contributed by atoms with Gasteiger partial charge in [-0.1, -0.05) is 35.3 Å². The number of halogens is 2. The predicted octanol–water partition coefficient (Wildman–Crippen LogP) is 4.13. The van der Waals surface area contributed by atoms with Crippen molar-refractivity contribution in [3.8, 4) is 17.0 Å². The fraction of sp³-hybridized carbons (Fsp3) is 0.0714. The van der Waals surface area contributed by atoms with Crippen molar-refractivity contribution in [3.05, 3.63) is 40.4 Å². The van der Waals surface area contributed by atoms with Crippen LogP contribution in [0.2, 0.25) is 10.0 Å². The minimum atomic E-state index is 0.440. The fourth-order valence-electron chi connectivity index (χ4n) is 2.21. The van der Waals surface area contributed by atoms with Gasteiger partial charge in [-0.25, -0.2) is 0 Å². The lowest BCUT2D eigenvalue weighted by Crippen LogP contribution is -1.90. The van der Waals surface area contributed by atoms with E-state index in [1.54, 1.807) is 19.2 Å². The highest BCUT2D eigenvalue weighted by atomic mass is 35.5. The number of benzene rings is 2. The Morgan fingerprint density at radius 3 is 2.80 bits per heavy atom. The molecule has 1 aromatic heterocycles. The number of H-pyrrole nitrogens is 1. The summed E-state index contributed by atoms with van der Waals surface area (Å²) >= 11 is 12.2. The molecule has 0 aliphatic rings. The van der Waals surface area contributed by atoms with Gasteiger partial charge in [0.2, 0.25) is 0 Å². The number of rotatable bonds is 2. The van der Waals surface area contributed by atoms with Crippen LogP contribution in [0.25, 0.3) is 22.2 Å². The molecule has 3 aromatic rings. The van der Waals surface area contributed by atoms with E-state index < -0.39 is 0 Å². The van der Waals surface area contributed by atoms with Crippen molar-refractivity contribution in [1.82, 2.24) is 10.2 Å². The van der Waals surface area contributed by atoms with Gasteiger partial charge in [-0.3, -0.25) is 5.10 Å². The van der Waals surface area contributed by atoms with E-state index in [2.05, 4.69) is 10.2 Å². The van der Waals surface area contributed by atoms with Crippen LogP contribution >= 0.6 is 23.2 Å². The number of aromatic nitrogens is 2. The second-order valence-corrected chi connectivity index (χ2v) is 5.15. The number of aromatic amines is 1. The molecule has 3 rings (SSSR count). The Kier molecular flexibility index (Phi) is 3.20. The van der Waals surface area contributed by atoms with Crippen LogP contribution < -0.4 is 10.5 Å². The molecule has 0 atom stereocenters. The lowest BCUT2D eigenvalue weighted by molar-refractivity contribution is 0.416. The number of hydrogen-bond donors (Lipinski definition) is 2. The highest BCUT2D eigenvalue weighted by Crippen LogP contribution is 2.40. The molecule has 0 saturated heterocycles. The van der Waals surface area contributed by atoms with Gasteiger partial charge in [0.15, 0.2) is 0 Å². The van der Waals surface area contributed by atoms with Gasteiger partial charge in [-0.05, 0) is 18.2 Å². The number of nitrogen functional groups attached to an aromatic ring is 1. The van der Waals surface area contributed by atoms with Crippen molar-refractivity contribution in [2.24, 2.45) is 0 Å². The number of ether oxygens (including phenoxy) is 1. The molecule has 0 aliphatic carbocycles. The summed E-state index contributed by atoms with van der Waals surface area (Å²) in [5, 5.41) is 9.09. The Bertz CT molecular complexity index is 798. The second kappa shape index (κ2) is 4.89. The maximum absolute atomic E-state index is 6.16. The van der Waals surface area contributed by atoms with E-state index in [-0.39, 0.29) is 0 Å². The van der Waals surface area contributed by atoms with Crippen LogP contribution in [0.3, 0.4) is 0 Å². The number of methoxy groups -OCH3 is 1. The van der Waals surface area contributed by atoms with Crippen molar-refractivity contribution in [2.75, 3.05) is 12.8 Å². The summed E-state index contributed by atoms with van der Waals surface area (Å²) in [7, 11) is 1.56. The predicted molar refractivity (Wildman–Crippen MR) is 82.5 cm³/mol. The lowest BCUT2D eigenvalue weighted by Gasteiger charge is -2.09. The number of hydrogen-bond acceptors (Lipinski definition) is 3. The molecule has 0 unspecified atom stereocenters. The standard InChI is InChI=1S/C14H11Cl2N3O/c1-20-14-9(5-7(15)6-10(14)16)12-8-3-2-4-11(17)13(8)19-18-12/h2-6H,17H2,1H3,(H,18,19). The Morgan fingerprint density at radius 2 is 2.05 bits per heavy atom. The highest BCUT2D eigenvalue weighted by molar-refractivity contribution is 6.36. The third-order valence-electron chi connectivity index (χ3n) is 3.10. The molecule has 0 aliphatic heterocycles. The first kappa shape index (κ1) is 13.1. The van der Waals surface area contributed by atoms with Crippen molar-refractivity contribution < 1.29 is 4.74 Å². The molecule has 0 saturated carbocycles. The van der Waals surface area contributed by atoms with E-state index >= 15 is 0 Å². The maximum atomic E-state index is 6.16. The SMILES string of the molecule is COc1c(Cl)cc(Cl)cc1-c1n[nH]c2c(N)cccc12. The average Bonchev–Trinajstić information content (AvgIpc) is 2.83. The van der Waals surface area contributed by atoms with Crippen molar-refractivity contribution in [2.45, 2.75) is 0 Å². The van der Waals surface area contributed by atoms with Gasteiger partial charge in [-0.15, -0.1) is 0 Å². The van der Waals surface area contributed by atoms with E-state index in [0.717, 1.165) is 16.5 Å². The quantitative estimate of drug-likeness (QED) is 0.700. The van der Waals surface area contributed by atoms with Gasteiger partial charge in [0.25, 0.3) is 0 Å². The summed E-state index contributed by atoms with van der Waals surface area (Å²) < 4.78 is 5.36. The van der Waals surface area contributed by atoms with E-state index in [1.165, 1.54) is 0 Å². The van der Waals surface area contributed by atoms with Crippen LogP contribution in [0.4, 0.5) is 5.69 Å². The first-order valence-corrected chi connectivity index (χ1v) is 6.63. The summed E-state index contributed by atoms with van der Waals surface area (Å²) in [6.07, 6.45) is 0. The number of anilines is 1. The van der Waals surface area contributed by atoms with Gasteiger partial charge >= 0.3 is 0 Å². The van der Waals surface area contributed by atoms with E-state index in [9.17, 15) is 0 Å².